The Morgan fingerprint density at radius 2 is 2.07 bits per heavy atom. The number of hydrogen-bond donors (Lipinski definition) is 2. The van der Waals surface area contributed by atoms with Crippen molar-refractivity contribution in [1.29, 1.82) is 0 Å². The van der Waals surface area contributed by atoms with E-state index in [1.54, 1.807) is 6.07 Å². The molecule has 0 bridgehead atoms. The molecular formula is C9H13Cl2FN2. The van der Waals surface area contributed by atoms with Crippen molar-refractivity contribution in [3.8, 4) is 0 Å². The van der Waals surface area contributed by atoms with E-state index < -0.39 is 5.82 Å². The second kappa shape index (κ2) is 6.19. The van der Waals surface area contributed by atoms with Gasteiger partial charge in [-0.2, -0.15) is 0 Å². The smallest absolute Gasteiger partial charge is 0.141 e. The summed E-state index contributed by atoms with van der Waals surface area (Å²) in [4.78, 5) is 0. The van der Waals surface area contributed by atoms with Gasteiger partial charge in [-0.1, -0.05) is 17.7 Å². The lowest BCUT2D eigenvalue weighted by Gasteiger charge is -2.10. The van der Waals surface area contributed by atoms with Crippen LogP contribution in [0.5, 0.6) is 0 Å². The van der Waals surface area contributed by atoms with Crippen molar-refractivity contribution in [2.24, 2.45) is 11.5 Å². The van der Waals surface area contributed by atoms with Crippen LogP contribution in [0.1, 0.15) is 18.0 Å². The van der Waals surface area contributed by atoms with Crippen molar-refractivity contribution in [3.05, 3.63) is 34.6 Å². The van der Waals surface area contributed by atoms with E-state index in [9.17, 15) is 4.39 Å². The molecule has 80 valence electrons. The minimum absolute atomic E-state index is 0. The van der Waals surface area contributed by atoms with Gasteiger partial charge in [0, 0.05) is 6.04 Å². The van der Waals surface area contributed by atoms with Crippen LogP contribution in [-0.2, 0) is 0 Å². The zero-order valence-corrected chi connectivity index (χ0v) is 9.11. The highest BCUT2D eigenvalue weighted by molar-refractivity contribution is 6.30. The molecule has 0 saturated carbocycles. The molecule has 0 aromatic heterocycles. The average Bonchev–Trinajstić information content (AvgIpc) is 2.10. The number of halogens is 3. The molecule has 0 radical (unpaired) electrons. The van der Waals surface area contributed by atoms with Crippen molar-refractivity contribution >= 4 is 24.0 Å². The summed E-state index contributed by atoms with van der Waals surface area (Å²) in [5.41, 5.74) is 11.9. The Balaban J connectivity index is 0.00000169. The van der Waals surface area contributed by atoms with Crippen molar-refractivity contribution < 1.29 is 4.39 Å². The van der Waals surface area contributed by atoms with E-state index in [1.807, 2.05) is 0 Å². The number of benzene rings is 1. The maximum atomic E-state index is 12.8. The molecule has 0 heterocycles. The molecule has 1 atom stereocenters. The van der Waals surface area contributed by atoms with E-state index >= 15 is 0 Å². The fourth-order valence-electron chi connectivity index (χ4n) is 1.09. The highest BCUT2D eigenvalue weighted by Gasteiger charge is 2.07. The minimum atomic E-state index is -0.426. The molecule has 5 heteroatoms. The minimum Gasteiger partial charge on any atom is -0.330 e. The Bertz CT molecular complexity index is 294. The Morgan fingerprint density at radius 1 is 1.43 bits per heavy atom. The second-order valence-electron chi connectivity index (χ2n) is 2.86. The molecule has 14 heavy (non-hydrogen) atoms. The van der Waals surface area contributed by atoms with Crippen molar-refractivity contribution in [3.63, 3.8) is 0 Å². The molecular weight excluding hydrogens is 226 g/mol. The summed E-state index contributed by atoms with van der Waals surface area (Å²) in [6, 6.07) is 4.32. The van der Waals surface area contributed by atoms with Crippen molar-refractivity contribution in [2.45, 2.75) is 12.5 Å². The van der Waals surface area contributed by atoms with Gasteiger partial charge in [-0.25, -0.2) is 4.39 Å². The van der Waals surface area contributed by atoms with Crippen LogP contribution in [0.2, 0.25) is 5.02 Å². The van der Waals surface area contributed by atoms with E-state index in [4.69, 9.17) is 23.1 Å². The Hall–Kier alpha value is -0.350. The van der Waals surface area contributed by atoms with E-state index in [0.717, 1.165) is 5.56 Å². The number of hydrogen-bond acceptors (Lipinski definition) is 2. The molecule has 0 aliphatic heterocycles. The highest BCUT2D eigenvalue weighted by atomic mass is 35.5. The highest BCUT2D eigenvalue weighted by Crippen LogP contribution is 2.20. The van der Waals surface area contributed by atoms with Gasteiger partial charge in [0.2, 0.25) is 0 Å². The molecule has 0 spiro atoms. The number of nitrogens with two attached hydrogens (primary N) is 2. The predicted octanol–water partition coefficient (Wildman–Crippen LogP) is 2.25. The quantitative estimate of drug-likeness (QED) is 0.849. The van der Waals surface area contributed by atoms with Crippen LogP contribution < -0.4 is 11.5 Å². The first kappa shape index (κ1) is 13.7. The standard InChI is InChI=1S/C9H12ClFN2.ClH/c10-7-5-6(1-2-8(7)11)9(13)3-4-12;/h1-2,5,9H,3-4,12-13H2;1H/t9-;/m0./s1. The van der Waals surface area contributed by atoms with E-state index in [-0.39, 0.29) is 23.5 Å². The summed E-state index contributed by atoms with van der Waals surface area (Å²) >= 11 is 5.60. The molecule has 1 aromatic rings. The normalized spacial score (nSPS) is 12.0. The van der Waals surface area contributed by atoms with Gasteiger partial charge in [0.15, 0.2) is 0 Å². The Kier molecular flexibility index (Phi) is 6.04. The van der Waals surface area contributed by atoms with Crippen molar-refractivity contribution in [2.75, 3.05) is 6.54 Å². The summed E-state index contributed by atoms with van der Waals surface area (Å²) in [5.74, 6) is -0.426. The van der Waals surface area contributed by atoms with Crippen LogP contribution in [0, 0.1) is 5.82 Å². The van der Waals surface area contributed by atoms with Gasteiger partial charge in [-0.15, -0.1) is 12.4 Å². The zero-order chi connectivity index (χ0) is 9.84. The van der Waals surface area contributed by atoms with Crippen LogP contribution in [0.4, 0.5) is 4.39 Å². The first-order valence-corrected chi connectivity index (χ1v) is 4.43. The summed E-state index contributed by atoms with van der Waals surface area (Å²) in [7, 11) is 0. The van der Waals surface area contributed by atoms with Gasteiger partial charge >= 0.3 is 0 Å². The van der Waals surface area contributed by atoms with Gasteiger partial charge in [0.05, 0.1) is 5.02 Å². The molecule has 0 unspecified atom stereocenters. The van der Waals surface area contributed by atoms with E-state index in [1.165, 1.54) is 12.1 Å². The van der Waals surface area contributed by atoms with Crippen LogP contribution in [0.25, 0.3) is 0 Å². The molecule has 0 aliphatic carbocycles. The summed E-state index contributed by atoms with van der Waals surface area (Å²) in [5, 5.41) is 0.102. The monoisotopic (exact) mass is 238 g/mol. The molecule has 0 aliphatic rings. The van der Waals surface area contributed by atoms with Crippen LogP contribution in [0.3, 0.4) is 0 Å². The largest absolute Gasteiger partial charge is 0.330 e. The van der Waals surface area contributed by atoms with Gasteiger partial charge in [0.25, 0.3) is 0 Å². The summed E-state index contributed by atoms with van der Waals surface area (Å²) < 4.78 is 12.8. The molecule has 1 aromatic carbocycles. The predicted molar refractivity (Wildman–Crippen MR) is 59.3 cm³/mol. The van der Waals surface area contributed by atoms with Gasteiger partial charge in [-0.05, 0) is 30.7 Å². The lowest BCUT2D eigenvalue weighted by molar-refractivity contribution is 0.621. The lowest BCUT2D eigenvalue weighted by atomic mass is 10.1. The molecule has 1 rings (SSSR count). The summed E-state index contributed by atoms with van der Waals surface area (Å²) in [6.45, 7) is 0.510. The van der Waals surface area contributed by atoms with Crippen LogP contribution in [0.15, 0.2) is 18.2 Å². The second-order valence-corrected chi connectivity index (χ2v) is 3.26. The Labute approximate surface area is 93.8 Å². The maximum absolute atomic E-state index is 12.8. The fourth-order valence-corrected chi connectivity index (χ4v) is 1.28. The molecule has 4 N–H and O–H groups in total. The van der Waals surface area contributed by atoms with E-state index in [2.05, 4.69) is 0 Å². The molecule has 0 fully saturated rings. The van der Waals surface area contributed by atoms with Gasteiger partial charge in [-0.3, -0.25) is 0 Å². The fraction of sp³-hybridized carbons (Fsp3) is 0.333. The molecule has 0 amide bonds. The average molecular weight is 239 g/mol. The molecule has 0 saturated heterocycles. The van der Waals surface area contributed by atoms with Crippen LogP contribution in [-0.4, -0.2) is 6.54 Å². The SMILES string of the molecule is Cl.NCC[C@H](N)c1ccc(F)c(Cl)c1. The van der Waals surface area contributed by atoms with E-state index in [0.29, 0.717) is 13.0 Å². The topological polar surface area (TPSA) is 52.0 Å². The van der Waals surface area contributed by atoms with Crippen LogP contribution >= 0.6 is 24.0 Å². The number of rotatable bonds is 3. The summed E-state index contributed by atoms with van der Waals surface area (Å²) in [6.07, 6.45) is 0.669. The van der Waals surface area contributed by atoms with Gasteiger partial charge in [0.1, 0.15) is 5.82 Å². The lowest BCUT2D eigenvalue weighted by Crippen LogP contribution is -2.15. The third-order valence-electron chi connectivity index (χ3n) is 1.85. The maximum Gasteiger partial charge on any atom is 0.141 e. The first-order chi connectivity index (χ1) is 6.15. The molecule has 2 nitrogen and oxygen atoms in total. The van der Waals surface area contributed by atoms with Crippen molar-refractivity contribution in [1.82, 2.24) is 0 Å². The Morgan fingerprint density at radius 3 is 2.57 bits per heavy atom. The third kappa shape index (κ3) is 3.42. The third-order valence-corrected chi connectivity index (χ3v) is 2.14. The first-order valence-electron chi connectivity index (χ1n) is 4.05. The van der Waals surface area contributed by atoms with Gasteiger partial charge < -0.3 is 11.5 Å². The zero-order valence-electron chi connectivity index (χ0n) is 7.54.